The van der Waals surface area contributed by atoms with E-state index in [0.29, 0.717) is 28.7 Å². The fourth-order valence-electron chi connectivity index (χ4n) is 4.68. The van der Waals surface area contributed by atoms with E-state index in [2.05, 4.69) is 15.6 Å². The highest BCUT2D eigenvalue weighted by atomic mass is 16.6. The number of pyridine rings is 1. The Kier molecular flexibility index (Phi) is 9.56. The molecular weight excluding hydrogens is 586 g/mol. The fraction of sp³-hybridized carbons (Fsp3) is 0.194. The number of benzene rings is 4. The number of hydrogen-bond acceptors (Lipinski definition) is 9. The van der Waals surface area contributed by atoms with Crippen molar-refractivity contribution in [1.82, 2.24) is 4.98 Å². The lowest BCUT2D eigenvalue weighted by Crippen LogP contribution is -2.27. The van der Waals surface area contributed by atoms with Gasteiger partial charge in [0, 0.05) is 40.9 Å². The minimum Gasteiger partial charge on any atom is -0.496 e. The molecule has 0 unspecified atom stereocenters. The van der Waals surface area contributed by atoms with Gasteiger partial charge in [0.2, 0.25) is 0 Å². The Morgan fingerprint density at radius 1 is 0.783 bits per heavy atom. The summed E-state index contributed by atoms with van der Waals surface area (Å²) in [6, 6.07) is 27.4. The molecule has 1 amide bonds. The number of rotatable bonds is 10. The van der Waals surface area contributed by atoms with Gasteiger partial charge in [0.05, 0.1) is 19.9 Å². The van der Waals surface area contributed by atoms with Gasteiger partial charge >= 0.3 is 12.1 Å². The Hall–Kier alpha value is -5.77. The van der Waals surface area contributed by atoms with Crippen LogP contribution < -0.4 is 24.8 Å². The Bertz CT molecular complexity index is 1830. The summed E-state index contributed by atoms with van der Waals surface area (Å²) < 4.78 is 28.3. The zero-order chi connectivity index (χ0) is 32.7. The summed E-state index contributed by atoms with van der Waals surface area (Å²) in [5.74, 6) is 1.57. The zero-order valence-electron chi connectivity index (χ0n) is 26.2. The van der Waals surface area contributed by atoms with Crippen molar-refractivity contribution in [3.05, 3.63) is 108 Å². The molecule has 0 fully saturated rings. The summed E-state index contributed by atoms with van der Waals surface area (Å²) in [4.78, 5) is 29.9. The number of hydrogen-bond donors (Lipinski definition) is 2. The number of esters is 1. The molecule has 2 N–H and O–H groups in total. The number of aromatic nitrogens is 1. The van der Waals surface area contributed by atoms with Gasteiger partial charge in [-0.05, 0) is 44.5 Å². The monoisotopic (exact) mass is 621 g/mol. The molecule has 10 heteroatoms. The van der Waals surface area contributed by atoms with Gasteiger partial charge in [-0.1, -0.05) is 54.6 Å². The predicted octanol–water partition coefficient (Wildman–Crippen LogP) is 8.49. The van der Waals surface area contributed by atoms with E-state index in [1.807, 2.05) is 75.4 Å². The van der Waals surface area contributed by atoms with E-state index in [9.17, 15) is 9.59 Å². The van der Waals surface area contributed by atoms with Crippen molar-refractivity contribution in [2.75, 3.05) is 24.9 Å². The van der Waals surface area contributed by atoms with Crippen LogP contribution in [0.2, 0.25) is 0 Å². The molecule has 0 spiro atoms. The van der Waals surface area contributed by atoms with Crippen LogP contribution in [0.1, 0.15) is 36.7 Å². The molecule has 0 aliphatic carbocycles. The van der Waals surface area contributed by atoms with Crippen LogP contribution in [-0.2, 0) is 16.1 Å². The second-order valence-electron chi connectivity index (χ2n) is 11.2. The molecule has 4 aromatic carbocycles. The highest BCUT2D eigenvalue weighted by molar-refractivity contribution is 6.03. The molecule has 0 bridgehead atoms. The van der Waals surface area contributed by atoms with Crippen molar-refractivity contribution in [3.8, 4) is 23.0 Å². The molecule has 1 aromatic heterocycles. The van der Waals surface area contributed by atoms with Crippen LogP contribution in [0, 0.1) is 0 Å². The molecule has 46 heavy (non-hydrogen) atoms. The summed E-state index contributed by atoms with van der Waals surface area (Å²) >= 11 is 0. The summed E-state index contributed by atoms with van der Waals surface area (Å²) in [7, 11) is 2.94. The predicted molar refractivity (Wildman–Crippen MR) is 177 cm³/mol. The first-order valence-corrected chi connectivity index (χ1v) is 14.5. The van der Waals surface area contributed by atoms with Gasteiger partial charge in [-0.3, -0.25) is 5.32 Å². The topological polar surface area (TPSA) is 117 Å². The maximum atomic E-state index is 13.0. The molecule has 0 aliphatic rings. The Labute approximate surface area is 267 Å². The third kappa shape index (κ3) is 7.84. The lowest BCUT2D eigenvalue weighted by Gasteiger charge is -2.20. The highest BCUT2D eigenvalue weighted by Crippen LogP contribution is 2.37. The van der Waals surface area contributed by atoms with Crippen LogP contribution in [0.4, 0.5) is 22.0 Å². The van der Waals surface area contributed by atoms with Gasteiger partial charge in [0.25, 0.3) is 0 Å². The first-order chi connectivity index (χ1) is 22.1. The standard InChI is InChI=1S/C36H35N3O7/c1-36(2,3)46-35(41)39-28-15-16-29(27-14-10-9-13-26(27)28)45-25-17-18-37-32(21-25)38-24-19-30(42-4)33(31(20-24)43-5)34(40)44-22-23-11-7-6-8-12-23/h6-21H,22H2,1-5H3,(H,37,38)(H,39,41). The summed E-state index contributed by atoms with van der Waals surface area (Å²) in [6.07, 6.45) is 1.07. The molecule has 236 valence electrons. The van der Waals surface area contributed by atoms with Crippen molar-refractivity contribution >= 4 is 40.0 Å². The number of nitrogens with one attached hydrogen (secondary N) is 2. The maximum absolute atomic E-state index is 13.0. The van der Waals surface area contributed by atoms with Crippen LogP contribution in [0.15, 0.2) is 97.2 Å². The van der Waals surface area contributed by atoms with Gasteiger partial charge in [-0.15, -0.1) is 0 Å². The molecule has 5 aromatic rings. The molecule has 0 saturated carbocycles. The van der Waals surface area contributed by atoms with E-state index in [4.69, 9.17) is 23.7 Å². The van der Waals surface area contributed by atoms with Gasteiger partial charge in [-0.2, -0.15) is 0 Å². The van der Waals surface area contributed by atoms with Gasteiger partial charge < -0.3 is 29.0 Å². The average Bonchev–Trinajstić information content (AvgIpc) is 3.04. The van der Waals surface area contributed by atoms with Crippen molar-refractivity contribution in [2.45, 2.75) is 33.0 Å². The number of fused-ring (bicyclic) bond motifs is 1. The van der Waals surface area contributed by atoms with Crippen molar-refractivity contribution in [2.24, 2.45) is 0 Å². The average molecular weight is 622 g/mol. The number of anilines is 3. The third-order valence-corrected chi connectivity index (χ3v) is 6.67. The molecule has 0 atom stereocenters. The normalized spacial score (nSPS) is 11.0. The van der Waals surface area contributed by atoms with Crippen molar-refractivity contribution < 1.29 is 33.3 Å². The Morgan fingerprint density at radius 3 is 2.13 bits per heavy atom. The van der Waals surface area contributed by atoms with Gasteiger partial charge in [-0.25, -0.2) is 14.6 Å². The largest absolute Gasteiger partial charge is 0.496 e. The first kappa shape index (κ1) is 31.6. The minimum absolute atomic E-state index is 0.112. The zero-order valence-corrected chi connectivity index (χ0v) is 26.2. The molecule has 5 rings (SSSR count). The summed E-state index contributed by atoms with van der Waals surface area (Å²) in [6.45, 7) is 5.55. The van der Waals surface area contributed by atoms with Crippen molar-refractivity contribution in [3.63, 3.8) is 0 Å². The summed E-state index contributed by atoms with van der Waals surface area (Å²) in [5.41, 5.74) is 1.59. The van der Waals surface area contributed by atoms with E-state index >= 15 is 0 Å². The fourth-order valence-corrected chi connectivity index (χ4v) is 4.68. The Morgan fingerprint density at radius 2 is 1.46 bits per heavy atom. The van der Waals surface area contributed by atoms with E-state index < -0.39 is 17.7 Å². The highest BCUT2D eigenvalue weighted by Gasteiger charge is 2.22. The number of amides is 1. The second kappa shape index (κ2) is 13.9. The van der Waals surface area contributed by atoms with Crippen LogP contribution in [-0.4, -0.2) is 36.9 Å². The van der Waals surface area contributed by atoms with E-state index in [1.54, 1.807) is 42.6 Å². The first-order valence-electron chi connectivity index (χ1n) is 14.5. The summed E-state index contributed by atoms with van der Waals surface area (Å²) in [5, 5.41) is 7.64. The van der Waals surface area contributed by atoms with Crippen molar-refractivity contribution in [1.29, 1.82) is 0 Å². The number of carbonyl (C=O) groups is 2. The molecular formula is C36H35N3O7. The molecule has 0 radical (unpaired) electrons. The van der Waals surface area contributed by atoms with E-state index in [0.717, 1.165) is 16.3 Å². The maximum Gasteiger partial charge on any atom is 0.412 e. The number of carbonyl (C=O) groups excluding carboxylic acids is 2. The van der Waals surface area contributed by atoms with Gasteiger partial charge in [0.15, 0.2) is 0 Å². The SMILES string of the molecule is COc1cc(Nc2cc(Oc3ccc(NC(=O)OC(C)(C)C)c4ccccc34)ccn2)cc(OC)c1C(=O)OCc1ccccc1. The van der Waals surface area contributed by atoms with E-state index in [1.165, 1.54) is 14.2 Å². The van der Waals surface area contributed by atoms with Crippen LogP contribution in [0.3, 0.4) is 0 Å². The van der Waals surface area contributed by atoms with E-state index in [-0.39, 0.29) is 23.7 Å². The molecule has 1 heterocycles. The number of methoxy groups -OCH3 is 2. The second-order valence-corrected chi connectivity index (χ2v) is 11.2. The molecule has 0 aliphatic heterocycles. The van der Waals surface area contributed by atoms with Crippen LogP contribution >= 0.6 is 0 Å². The number of nitrogens with zero attached hydrogens (tertiary/aromatic N) is 1. The van der Waals surface area contributed by atoms with Gasteiger partial charge in [0.1, 0.15) is 46.6 Å². The van der Waals surface area contributed by atoms with Crippen LogP contribution in [0.5, 0.6) is 23.0 Å². The lowest BCUT2D eigenvalue weighted by molar-refractivity contribution is 0.0464. The third-order valence-electron chi connectivity index (χ3n) is 6.67. The number of ether oxygens (including phenoxy) is 5. The lowest BCUT2D eigenvalue weighted by atomic mass is 10.1. The minimum atomic E-state index is -0.622. The molecule has 10 nitrogen and oxygen atoms in total. The van der Waals surface area contributed by atoms with Crippen LogP contribution in [0.25, 0.3) is 10.8 Å². The quantitative estimate of drug-likeness (QED) is 0.148. The smallest absolute Gasteiger partial charge is 0.412 e. The Balaban J connectivity index is 1.34. The molecule has 0 saturated heterocycles.